The molecule has 8 heteroatoms. The molecule has 2 fully saturated rings. The second-order valence-corrected chi connectivity index (χ2v) is 9.89. The predicted molar refractivity (Wildman–Crippen MR) is 132 cm³/mol. The lowest BCUT2D eigenvalue weighted by Crippen LogP contribution is -2.57. The SMILES string of the molecule is C[C@H](CO)N1C(=O)[C@@H]2[C@H]3C(=O)OCCC=C[C@H]3O[C@@]23C=CCN(c2ccc4ccccc4c2)C(=O)C13. The first-order valence-corrected chi connectivity index (χ1v) is 12.4. The van der Waals surface area contributed by atoms with E-state index in [1.54, 1.807) is 17.9 Å². The molecule has 4 aliphatic rings. The summed E-state index contributed by atoms with van der Waals surface area (Å²) < 4.78 is 12.0. The molecular weight excluding hydrogens is 460 g/mol. The van der Waals surface area contributed by atoms with Gasteiger partial charge >= 0.3 is 5.97 Å². The lowest BCUT2D eigenvalue weighted by molar-refractivity contribution is -0.155. The van der Waals surface area contributed by atoms with Crippen LogP contribution < -0.4 is 4.90 Å². The van der Waals surface area contributed by atoms with E-state index in [9.17, 15) is 19.5 Å². The molecule has 0 saturated carbocycles. The Morgan fingerprint density at radius 3 is 2.69 bits per heavy atom. The summed E-state index contributed by atoms with van der Waals surface area (Å²) in [4.78, 5) is 44.3. The summed E-state index contributed by atoms with van der Waals surface area (Å²) in [6.45, 7) is 1.90. The predicted octanol–water partition coefficient (Wildman–Crippen LogP) is 2.21. The van der Waals surface area contributed by atoms with Crippen LogP contribution in [0.15, 0.2) is 66.8 Å². The fraction of sp³-hybridized carbons (Fsp3) is 0.393. The third-order valence-corrected chi connectivity index (χ3v) is 7.84. The summed E-state index contributed by atoms with van der Waals surface area (Å²) >= 11 is 0. The third kappa shape index (κ3) is 3.24. The number of nitrogens with zero attached hydrogens (tertiary/aromatic N) is 2. The van der Waals surface area contributed by atoms with E-state index in [1.807, 2.05) is 60.7 Å². The van der Waals surface area contributed by atoms with Crippen LogP contribution in [0.3, 0.4) is 0 Å². The first-order valence-electron chi connectivity index (χ1n) is 12.4. The van der Waals surface area contributed by atoms with Gasteiger partial charge < -0.3 is 24.4 Å². The van der Waals surface area contributed by atoms with Crippen molar-refractivity contribution < 1.29 is 29.0 Å². The molecule has 36 heavy (non-hydrogen) atoms. The number of fused-ring (bicyclic) bond motifs is 3. The van der Waals surface area contributed by atoms with Crippen molar-refractivity contribution in [3.8, 4) is 0 Å². The van der Waals surface area contributed by atoms with Crippen LogP contribution in [0.5, 0.6) is 0 Å². The minimum Gasteiger partial charge on any atom is -0.465 e. The van der Waals surface area contributed by atoms with Gasteiger partial charge in [-0.05, 0) is 36.2 Å². The highest BCUT2D eigenvalue weighted by Gasteiger charge is 2.72. The normalized spacial score (nSPS) is 32.4. The highest BCUT2D eigenvalue weighted by atomic mass is 16.6. The van der Waals surface area contributed by atoms with Crippen molar-refractivity contribution in [2.75, 3.05) is 24.7 Å². The molecule has 1 spiro atoms. The van der Waals surface area contributed by atoms with Crippen LogP contribution in [0.1, 0.15) is 13.3 Å². The number of ether oxygens (including phenoxy) is 2. The number of benzene rings is 2. The Morgan fingerprint density at radius 2 is 1.89 bits per heavy atom. The molecule has 1 N–H and O–H groups in total. The van der Waals surface area contributed by atoms with Gasteiger partial charge in [0.25, 0.3) is 5.91 Å². The van der Waals surface area contributed by atoms with Crippen molar-refractivity contribution in [1.29, 1.82) is 0 Å². The molecule has 6 atom stereocenters. The lowest BCUT2D eigenvalue weighted by atomic mass is 9.77. The molecular formula is C28H28N2O6. The highest BCUT2D eigenvalue weighted by molar-refractivity contribution is 6.06. The number of aliphatic hydroxyl groups excluding tert-OH is 1. The van der Waals surface area contributed by atoms with E-state index in [0.29, 0.717) is 12.1 Å². The molecule has 4 aliphatic heterocycles. The van der Waals surface area contributed by atoms with Gasteiger partial charge in [-0.2, -0.15) is 0 Å². The summed E-state index contributed by atoms with van der Waals surface area (Å²) in [5.41, 5.74) is -0.636. The number of cyclic esters (lactones) is 1. The van der Waals surface area contributed by atoms with Crippen LogP contribution >= 0.6 is 0 Å². The zero-order valence-electron chi connectivity index (χ0n) is 19.9. The van der Waals surface area contributed by atoms with Gasteiger partial charge in [0.05, 0.1) is 31.3 Å². The van der Waals surface area contributed by atoms with E-state index in [-0.39, 0.29) is 31.6 Å². The smallest absolute Gasteiger partial charge is 0.312 e. The monoisotopic (exact) mass is 488 g/mol. The van der Waals surface area contributed by atoms with E-state index >= 15 is 0 Å². The number of anilines is 1. The number of carbonyl (C=O) groups excluding carboxylic acids is 3. The molecule has 2 aromatic rings. The van der Waals surface area contributed by atoms with E-state index in [1.165, 1.54) is 4.90 Å². The van der Waals surface area contributed by atoms with Crippen molar-refractivity contribution in [2.45, 2.75) is 37.1 Å². The molecule has 8 nitrogen and oxygen atoms in total. The van der Waals surface area contributed by atoms with E-state index in [4.69, 9.17) is 9.47 Å². The Labute approximate surface area is 208 Å². The lowest BCUT2D eigenvalue weighted by Gasteiger charge is -2.37. The Kier molecular flexibility index (Phi) is 5.46. The first-order chi connectivity index (χ1) is 17.5. The van der Waals surface area contributed by atoms with Crippen molar-refractivity contribution in [2.24, 2.45) is 11.8 Å². The third-order valence-electron chi connectivity index (χ3n) is 7.84. The van der Waals surface area contributed by atoms with Gasteiger partial charge in [0, 0.05) is 12.2 Å². The van der Waals surface area contributed by atoms with Crippen LogP contribution in [0.2, 0.25) is 0 Å². The maximum atomic E-state index is 14.3. The van der Waals surface area contributed by atoms with Gasteiger partial charge in [0.15, 0.2) is 0 Å². The number of esters is 1. The second kappa shape index (κ2) is 8.57. The Hall–Kier alpha value is -3.49. The van der Waals surface area contributed by atoms with Crippen molar-refractivity contribution >= 4 is 34.2 Å². The number of hydrogen-bond acceptors (Lipinski definition) is 6. The summed E-state index contributed by atoms with van der Waals surface area (Å²) in [6.07, 6.45) is 7.21. The summed E-state index contributed by atoms with van der Waals surface area (Å²) in [5.74, 6) is -2.96. The van der Waals surface area contributed by atoms with Crippen molar-refractivity contribution in [3.63, 3.8) is 0 Å². The average Bonchev–Trinajstić information content (AvgIpc) is 3.27. The number of likely N-dealkylation sites (tertiary alicyclic amines) is 1. The van der Waals surface area contributed by atoms with Crippen molar-refractivity contribution in [3.05, 3.63) is 66.8 Å². The number of hydrogen-bond donors (Lipinski definition) is 1. The van der Waals surface area contributed by atoms with Crippen LogP contribution in [0.25, 0.3) is 10.8 Å². The van der Waals surface area contributed by atoms with Gasteiger partial charge in [-0.3, -0.25) is 14.4 Å². The Morgan fingerprint density at radius 1 is 1.08 bits per heavy atom. The Balaban J connectivity index is 1.47. The van der Waals surface area contributed by atoms with Gasteiger partial charge in [0.1, 0.15) is 17.6 Å². The molecule has 2 saturated heterocycles. The quantitative estimate of drug-likeness (QED) is 0.526. The van der Waals surface area contributed by atoms with Crippen LogP contribution in [0, 0.1) is 11.8 Å². The molecule has 4 heterocycles. The minimum atomic E-state index is -1.34. The standard InChI is InChI=1S/C28H28N2O6/c1-17(16-31)30-24-26(33)29(20-11-10-18-7-2-3-8-19(18)15-20)13-6-12-28(24)23(25(30)32)22-21(36-28)9-4-5-14-35-27(22)34/h2-4,6-12,15,17,21-24,31H,5,13-14,16H2,1H3/t17-,21-,22+,23+,24?,28+/m1/s1. The first kappa shape index (κ1) is 22.9. The molecule has 0 radical (unpaired) electrons. The van der Waals surface area contributed by atoms with Gasteiger partial charge in [-0.1, -0.05) is 54.6 Å². The zero-order valence-corrected chi connectivity index (χ0v) is 19.9. The van der Waals surface area contributed by atoms with Gasteiger partial charge in [-0.15, -0.1) is 0 Å². The second-order valence-electron chi connectivity index (χ2n) is 9.89. The molecule has 1 unspecified atom stereocenters. The van der Waals surface area contributed by atoms with E-state index in [2.05, 4.69) is 0 Å². The fourth-order valence-corrected chi connectivity index (χ4v) is 6.19. The maximum Gasteiger partial charge on any atom is 0.312 e. The van der Waals surface area contributed by atoms with E-state index < -0.39 is 41.6 Å². The van der Waals surface area contributed by atoms with Gasteiger partial charge in [0.2, 0.25) is 5.91 Å². The molecule has 186 valence electrons. The largest absolute Gasteiger partial charge is 0.465 e. The van der Waals surface area contributed by atoms with Crippen LogP contribution in [-0.4, -0.2) is 71.3 Å². The zero-order chi connectivity index (χ0) is 25.0. The molecule has 0 aromatic heterocycles. The maximum absolute atomic E-state index is 14.3. The minimum absolute atomic E-state index is 0.233. The average molecular weight is 489 g/mol. The summed E-state index contributed by atoms with van der Waals surface area (Å²) in [5, 5.41) is 12.1. The Bertz CT molecular complexity index is 1300. The number of aliphatic hydroxyl groups is 1. The molecule has 6 rings (SSSR count). The summed E-state index contributed by atoms with van der Waals surface area (Å²) in [7, 11) is 0. The number of carbonyl (C=O) groups is 3. The molecule has 2 amide bonds. The number of amides is 2. The molecule has 0 bridgehead atoms. The topological polar surface area (TPSA) is 96.4 Å². The van der Waals surface area contributed by atoms with Gasteiger partial charge in [-0.25, -0.2) is 0 Å². The summed E-state index contributed by atoms with van der Waals surface area (Å²) in [6, 6.07) is 12.1. The van der Waals surface area contributed by atoms with Crippen LogP contribution in [0.4, 0.5) is 5.69 Å². The highest BCUT2D eigenvalue weighted by Crippen LogP contribution is 2.53. The van der Waals surface area contributed by atoms with Crippen molar-refractivity contribution in [1.82, 2.24) is 4.90 Å². The molecule has 2 aromatic carbocycles. The number of rotatable bonds is 3. The van der Waals surface area contributed by atoms with Crippen LogP contribution in [-0.2, 0) is 23.9 Å². The van der Waals surface area contributed by atoms with E-state index in [0.717, 1.165) is 10.8 Å². The molecule has 0 aliphatic carbocycles. The fourth-order valence-electron chi connectivity index (χ4n) is 6.19.